The van der Waals surface area contributed by atoms with E-state index in [0.717, 1.165) is 0 Å². The molecule has 2 heterocycles. The highest BCUT2D eigenvalue weighted by molar-refractivity contribution is 6.09. The number of nitrogens with zero attached hydrogens (tertiary/aromatic N) is 3. The molecule has 1 amide bonds. The monoisotopic (exact) mass is 374 g/mol. The van der Waals surface area contributed by atoms with E-state index in [1.165, 1.54) is 31.0 Å². The van der Waals surface area contributed by atoms with Gasteiger partial charge in [0.2, 0.25) is 0 Å². The molecule has 0 aromatic heterocycles. The summed E-state index contributed by atoms with van der Waals surface area (Å²) < 4.78 is 12.7. The van der Waals surface area contributed by atoms with E-state index in [0.29, 0.717) is 17.7 Å². The first kappa shape index (κ1) is 18.9. The quantitative estimate of drug-likeness (QED) is 0.781. The molecule has 0 saturated heterocycles. The molecule has 0 spiro atoms. The number of carbonyl (C=O) groups excluding carboxylic acids is 2. The minimum atomic E-state index is -1.43. The summed E-state index contributed by atoms with van der Waals surface area (Å²) in [5.74, 6) is -0.363. The number of halogens is 1. The van der Waals surface area contributed by atoms with Crippen LogP contribution in [-0.4, -0.2) is 58.9 Å². The van der Waals surface area contributed by atoms with Crippen LogP contribution in [0.1, 0.15) is 25.3 Å². The van der Waals surface area contributed by atoms with Gasteiger partial charge >= 0.3 is 0 Å². The molecule has 27 heavy (non-hydrogen) atoms. The first-order valence-corrected chi connectivity index (χ1v) is 8.77. The number of hydrogen-bond donors (Lipinski definition) is 2. The third-order valence-corrected chi connectivity index (χ3v) is 5.12. The van der Waals surface area contributed by atoms with Crippen molar-refractivity contribution < 1.29 is 19.1 Å². The lowest BCUT2D eigenvalue weighted by molar-refractivity contribution is -0.129. The van der Waals surface area contributed by atoms with E-state index in [9.17, 15) is 19.1 Å². The molecule has 144 valence electrons. The number of Topliss-reactive ketones (excluding diaryl/α,β-unsaturated/α-hetero) is 1. The fourth-order valence-electron chi connectivity index (χ4n) is 3.70. The predicted molar refractivity (Wildman–Crippen MR) is 98.6 cm³/mol. The van der Waals surface area contributed by atoms with Crippen molar-refractivity contribution in [2.75, 3.05) is 20.3 Å². The standard InChI is InChI=1S/C19H23FN4O3/c1-12(25)16-10-14(11-24(16)8-4-7-20)19(13-5-3-6-15(26)9-13)17(27)23(2)18(21)22-19/h3,5-6,9,11,16,26H,4,7-8,10H2,1-2H3,(H2,21,22). The Kier molecular flexibility index (Phi) is 4.91. The van der Waals surface area contributed by atoms with Crippen LogP contribution in [-0.2, 0) is 15.1 Å². The number of amides is 1. The molecule has 8 heteroatoms. The molecule has 3 N–H and O–H groups in total. The number of rotatable bonds is 6. The molecule has 1 aromatic rings. The normalized spacial score (nSPS) is 25.0. The van der Waals surface area contributed by atoms with Gasteiger partial charge in [-0.05, 0) is 36.6 Å². The molecule has 2 aliphatic heterocycles. The van der Waals surface area contributed by atoms with E-state index in [2.05, 4.69) is 4.99 Å². The van der Waals surface area contributed by atoms with E-state index in [-0.39, 0.29) is 36.2 Å². The Hall–Kier alpha value is -2.90. The van der Waals surface area contributed by atoms with Gasteiger partial charge in [0, 0.05) is 26.2 Å². The van der Waals surface area contributed by atoms with E-state index >= 15 is 0 Å². The molecule has 7 nitrogen and oxygen atoms in total. The van der Waals surface area contributed by atoms with E-state index in [4.69, 9.17) is 5.73 Å². The zero-order chi connectivity index (χ0) is 19.8. The van der Waals surface area contributed by atoms with Gasteiger partial charge in [0.1, 0.15) is 5.75 Å². The van der Waals surface area contributed by atoms with Crippen LogP contribution < -0.4 is 5.73 Å². The molecule has 1 aromatic carbocycles. The summed E-state index contributed by atoms with van der Waals surface area (Å²) in [5, 5.41) is 9.93. The van der Waals surface area contributed by atoms with Crippen molar-refractivity contribution in [2.45, 2.75) is 31.3 Å². The molecule has 0 aliphatic carbocycles. The van der Waals surface area contributed by atoms with Crippen LogP contribution in [0.4, 0.5) is 4.39 Å². The molecular formula is C19H23FN4O3. The number of benzene rings is 1. The summed E-state index contributed by atoms with van der Waals surface area (Å²) in [6.45, 7) is 1.35. The third-order valence-electron chi connectivity index (χ3n) is 5.12. The van der Waals surface area contributed by atoms with Crippen LogP contribution in [0.15, 0.2) is 41.0 Å². The highest BCUT2D eigenvalue weighted by Gasteiger charge is 2.53. The molecule has 0 bridgehead atoms. The largest absolute Gasteiger partial charge is 0.508 e. The Morgan fingerprint density at radius 2 is 2.22 bits per heavy atom. The summed E-state index contributed by atoms with van der Waals surface area (Å²) in [5.41, 5.74) is 5.57. The zero-order valence-corrected chi connectivity index (χ0v) is 15.4. The van der Waals surface area contributed by atoms with Gasteiger partial charge in [-0.15, -0.1) is 0 Å². The Morgan fingerprint density at radius 3 is 2.78 bits per heavy atom. The number of alkyl halides is 1. The second kappa shape index (κ2) is 7.02. The number of phenolic OH excluding ortho intramolecular Hbond substituents is 1. The molecule has 0 radical (unpaired) electrons. The van der Waals surface area contributed by atoms with Crippen molar-refractivity contribution >= 4 is 17.6 Å². The number of nitrogens with two attached hydrogens (primary N) is 1. The van der Waals surface area contributed by atoms with Crippen LogP contribution in [0.5, 0.6) is 5.75 Å². The lowest BCUT2D eigenvalue weighted by atomic mass is 9.81. The van der Waals surface area contributed by atoms with Crippen LogP contribution in [0, 0.1) is 0 Å². The Balaban J connectivity index is 2.12. The number of hydrogen-bond acceptors (Lipinski definition) is 6. The summed E-state index contributed by atoms with van der Waals surface area (Å²) in [6, 6.07) is 5.82. The molecule has 2 atom stereocenters. The number of guanidine groups is 1. The lowest BCUT2D eigenvalue weighted by Crippen LogP contribution is -2.41. The van der Waals surface area contributed by atoms with Crippen molar-refractivity contribution in [3.8, 4) is 5.75 Å². The van der Waals surface area contributed by atoms with Crippen LogP contribution in [0.25, 0.3) is 0 Å². The van der Waals surface area contributed by atoms with Gasteiger partial charge < -0.3 is 15.7 Å². The lowest BCUT2D eigenvalue weighted by Gasteiger charge is -2.27. The molecule has 2 unspecified atom stereocenters. The van der Waals surface area contributed by atoms with Gasteiger partial charge in [0.15, 0.2) is 17.3 Å². The number of ketones is 1. The summed E-state index contributed by atoms with van der Waals surface area (Å²) >= 11 is 0. The SMILES string of the molecule is CC(=O)C1CC(C2(c3cccc(O)c3)N=C(N)N(C)C2=O)=CN1CCCF. The van der Waals surface area contributed by atoms with Crippen molar-refractivity contribution in [3.63, 3.8) is 0 Å². The molecule has 2 aliphatic rings. The smallest absolute Gasteiger partial charge is 0.266 e. The van der Waals surface area contributed by atoms with E-state index in [1.54, 1.807) is 23.2 Å². The van der Waals surface area contributed by atoms with Crippen molar-refractivity contribution in [3.05, 3.63) is 41.6 Å². The van der Waals surface area contributed by atoms with Crippen molar-refractivity contribution in [1.82, 2.24) is 9.80 Å². The van der Waals surface area contributed by atoms with Gasteiger partial charge in [-0.3, -0.25) is 18.9 Å². The second-order valence-corrected chi connectivity index (χ2v) is 6.86. The molecular weight excluding hydrogens is 351 g/mol. The van der Waals surface area contributed by atoms with E-state index < -0.39 is 18.3 Å². The summed E-state index contributed by atoms with van der Waals surface area (Å²) in [7, 11) is 1.53. The third kappa shape index (κ3) is 3.05. The van der Waals surface area contributed by atoms with Gasteiger partial charge in [0.05, 0.1) is 12.7 Å². The first-order valence-electron chi connectivity index (χ1n) is 8.77. The second-order valence-electron chi connectivity index (χ2n) is 6.86. The van der Waals surface area contributed by atoms with Gasteiger partial charge in [-0.25, -0.2) is 4.99 Å². The minimum Gasteiger partial charge on any atom is -0.508 e. The minimum absolute atomic E-state index is 0.000926. The average Bonchev–Trinajstić information content (AvgIpc) is 3.16. The molecule has 0 fully saturated rings. The topological polar surface area (TPSA) is 99.2 Å². The van der Waals surface area contributed by atoms with Crippen molar-refractivity contribution in [2.24, 2.45) is 10.7 Å². The fourth-order valence-corrected chi connectivity index (χ4v) is 3.70. The van der Waals surface area contributed by atoms with E-state index in [1.807, 2.05) is 0 Å². The van der Waals surface area contributed by atoms with Crippen molar-refractivity contribution in [1.29, 1.82) is 0 Å². The van der Waals surface area contributed by atoms with Gasteiger partial charge in [-0.1, -0.05) is 12.1 Å². The zero-order valence-electron chi connectivity index (χ0n) is 15.4. The maximum absolute atomic E-state index is 13.2. The highest BCUT2D eigenvalue weighted by Crippen LogP contribution is 2.45. The van der Waals surface area contributed by atoms with Crippen LogP contribution in [0.3, 0.4) is 0 Å². The van der Waals surface area contributed by atoms with Crippen LogP contribution in [0.2, 0.25) is 0 Å². The Morgan fingerprint density at radius 1 is 1.48 bits per heavy atom. The maximum atomic E-state index is 13.2. The first-order chi connectivity index (χ1) is 12.8. The van der Waals surface area contributed by atoms with Crippen LogP contribution >= 0.6 is 0 Å². The maximum Gasteiger partial charge on any atom is 0.266 e. The number of carbonyl (C=O) groups is 2. The number of phenols is 1. The summed E-state index contributed by atoms with van der Waals surface area (Å²) in [6.07, 6.45) is 2.29. The fraction of sp³-hybridized carbons (Fsp3) is 0.421. The number of likely N-dealkylation sites (N-methyl/N-ethyl adjacent to an activating group) is 1. The highest BCUT2D eigenvalue weighted by atomic mass is 19.1. The molecule has 3 rings (SSSR count). The number of aliphatic imine (C=N–C) groups is 1. The average molecular weight is 374 g/mol. The molecule has 0 saturated carbocycles. The van der Waals surface area contributed by atoms with Gasteiger partial charge in [0.25, 0.3) is 5.91 Å². The summed E-state index contributed by atoms with van der Waals surface area (Å²) in [4.78, 5) is 32.8. The predicted octanol–water partition coefficient (Wildman–Crippen LogP) is 1.28. The Labute approximate surface area is 157 Å². The van der Waals surface area contributed by atoms with Gasteiger partial charge in [-0.2, -0.15) is 0 Å². The Bertz CT molecular complexity index is 838. The number of aromatic hydroxyl groups is 1.